The fourth-order valence-corrected chi connectivity index (χ4v) is 2.86. The first kappa shape index (κ1) is 20.8. The van der Waals surface area contributed by atoms with E-state index in [-0.39, 0.29) is 18.6 Å². The molecule has 144 valence electrons. The lowest BCUT2D eigenvalue weighted by molar-refractivity contribution is -0.151. The third kappa shape index (κ3) is 6.31. The summed E-state index contributed by atoms with van der Waals surface area (Å²) < 4.78 is 10.4. The molecular weight excluding hydrogens is 342 g/mol. The van der Waals surface area contributed by atoms with E-state index in [1.165, 1.54) is 7.11 Å². The van der Waals surface area contributed by atoms with E-state index in [1.807, 2.05) is 60.7 Å². The van der Waals surface area contributed by atoms with Crippen molar-refractivity contribution in [2.45, 2.75) is 37.8 Å². The smallest absolute Gasteiger partial charge is 0.333 e. The van der Waals surface area contributed by atoms with E-state index in [4.69, 9.17) is 15.2 Å². The van der Waals surface area contributed by atoms with Crippen LogP contribution in [0.5, 0.6) is 0 Å². The Labute approximate surface area is 160 Å². The summed E-state index contributed by atoms with van der Waals surface area (Å²) in [4.78, 5) is 24.8. The van der Waals surface area contributed by atoms with Gasteiger partial charge in [-0.05, 0) is 24.0 Å². The summed E-state index contributed by atoms with van der Waals surface area (Å²) in [7, 11) is 1.25. The first-order valence-corrected chi connectivity index (χ1v) is 9.12. The Morgan fingerprint density at radius 3 is 2.11 bits per heavy atom. The standard InChI is InChI=1S/C22H27NO4/c1-26-21(25)22(23,16-18-10-4-2-5-11-18)20(24)14-8-9-15-27-17-19-12-6-3-7-13-19/h2-7,10-13H,8-9,14-17,23H2,1H3/t22-/m0/s1. The lowest BCUT2D eigenvalue weighted by atomic mass is 9.85. The van der Waals surface area contributed by atoms with Gasteiger partial charge in [0.15, 0.2) is 11.3 Å². The van der Waals surface area contributed by atoms with Gasteiger partial charge in [-0.2, -0.15) is 0 Å². The molecule has 0 unspecified atom stereocenters. The highest BCUT2D eigenvalue weighted by atomic mass is 16.5. The number of carbonyl (C=O) groups is 2. The van der Waals surface area contributed by atoms with E-state index >= 15 is 0 Å². The molecule has 0 aliphatic carbocycles. The van der Waals surface area contributed by atoms with Crippen LogP contribution in [0.15, 0.2) is 60.7 Å². The van der Waals surface area contributed by atoms with Crippen molar-refractivity contribution < 1.29 is 19.1 Å². The van der Waals surface area contributed by atoms with Gasteiger partial charge in [-0.1, -0.05) is 60.7 Å². The molecule has 0 radical (unpaired) electrons. The van der Waals surface area contributed by atoms with Gasteiger partial charge in [0.2, 0.25) is 0 Å². The number of Topliss-reactive ketones (excluding diaryl/α,β-unsaturated/α-hetero) is 1. The second-order valence-electron chi connectivity index (χ2n) is 6.54. The molecule has 0 saturated carbocycles. The maximum atomic E-state index is 12.7. The molecule has 0 bridgehead atoms. The Kier molecular flexibility index (Phi) is 8.17. The number of unbranched alkanes of at least 4 members (excludes halogenated alkanes) is 1. The molecule has 5 heteroatoms. The van der Waals surface area contributed by atoms with E-state index in [9.17, 15) is 9.59 Å². The molecule has 5 nitrogen and oxygen atoms in total. The average Bonchev–Trinajstić information content (AvgIpc) is 2.71. The second-order valence-corrected chi connectivity index (χ2v) is 6.54. The zero-order valence-corrected chi connectivity index (χ0v) is 15.7. The molecular formula is C22H27NO4. The summed E-state index contributed by atoms with van der Waals surface area (Å²) in [6.45, 7) is 1.10. The largest absolute Gasteiger partial charge is 0.467 e. The predicted octanol–water partition coefficient (Wildman–Crippen LogP) is 3.06. The van der Waals surface area contributed by atoms with Crippen LogP contribution in [-0.4, -0.2) is 31.0 Å². The van der Waals surface area contributed by atoms with E-state index in [1.54, 1.807) is 0 Å². The number of hydrogen-bond donors (Lipinski definition) is 1. The highest BCUT2D eigenvalue weighted by Crippen LogP contribution is 2.17. The minimum absolute atomic E-state index is 0.129. The van der Waals surface area contributed by atoms with Crippen LogP contribution in [0.1, 0.15) is 30.4 Å². The number of carbonyl (C=O) groups excluding carboxylic acids is 2. The van der Waals surface area contributed by atoms with E-state index in [2.05, 4.69) is 0 Å². The van der Waals surface area contributed by atoms with Crippen LogP contribution in [0, 0.1) is 0 Å². The van der Waals surface area contributed by atoms with Crippen molar-refractivity contribution in [2.75, 3.05) is 13.7 Å². The highest BCUT2D eigenvalue weighted by Gasteiger charge is 2.42. The average molecular weight is 369 g/mol. The van der Waals surface area contributed by atoms with E-state index in [0.29, 0.717) is 19.6 Å². The third-order valence-electron chi connectivity index (χ3n) is 4.43. The molecule has 0 saturated heterocycles. The van der Waals surface area contributed by atoms with E-state index in [0.717, 1.165) is 17.5 Å². The Morgan fingerprint density at radius 2 is 1.52 bits per heavy atom. The van der Waals surface area contributed by atoms with Gasteiger partial charge < -0.3 is 15.2 Å². The van der Waals surface area contributed by atoms with Crippen molar-refractivity contribution in [1.82, 2.24) is 0 Å². The maximum Gasteiger partial charge on any atom is 0.333 e. The van der Waals surface area contributed by atoms with Gasteiger partial charge in [0.05, 0.1) is 13.7 Å². The predicted molar refractivity (Wildman–Crippen MR) is 104 cm³/mol. The van der Waals surface area contributed by atoms with Crippen LogP contribution in [0.25, 0.3) is 0 Å². The lowest BCUT2D eigenvalue weighted by Gasteiger charge is -2.25. The fraction of sp³-hybridized carbons (Fsp3) is 0.364. The first-order valence-electron chi connectivity index (χ1n) is 9.12. The van der Waals surface area contributed by atoms with Crippen molar-refractivity contribution in [1.29, 1.82) is 0 Å². The molecule has 2 aromatic carbocycles. The zero-order valence-electron chi connectivity index (χ0n) is 15.7. The number of benzene rings is 2. The van der Waals surface area contributed by atoms with Crippen molar-refractivity contribution in [3.8, 4) is 0 Å². The molecule has 0 aliphatic rings. The number of esters is 1. The SMILES string of the molecule is COC(=O)[C@](N)(Cc1ccccc1)C(=O)CCCCOCc1ccccc1. The van der Waals surface area contributed by atoms with Gasteiger partial charge in [0.1, 0.15) is 0 Å². The van der Waals surface area contributed by atoms with Gasteiger partial charge in [0.25, 0.3) is 0 Å². The van der Waals surface area contributed by atoms with Gasteiger partial charge in [-0.3, -0.25) is 4.79 Å². The molecule has 0 aliphatic heterocycles. The topological polar surface area (TPSA) is 78.6 Å². The van der Waals surface area contributed by atoms with Crippen LogP contribution >= 0.6 is 0 Å². The number of rotatable bonds is 11. The molecule has 2 N–H and O–H groups in total. The molecule has 2 aromatic rings. The van der Waals surface area contributed by atoms with Gasteiger partial charge in [0, 0.05) is 19.4 Å². The lowest BCUT2D eigenvalue weighted by Crippen LogP contribution is -2.57. The van der Waals surface area contributed by atoms with Crippen molar-refractivity contribution >= 4 is 11.8 Å². The van der Waals surface area contributed by atoms with Crippen LogP contribution in [0.2, 0.25) is 0 Å². The summed E-state index contributed by atoms with van der Waals surface area (Å²) in [6, 6.07) is 19.2. The number of methoxy groups -OCH3 is 1. The normalized spacial score (nSPS) is 13.0. The molecule has 27 heavy (non-hydrogen) atoms. The molecule has 1 atom stereocenters. The summed E-state index contributed by atoms with van der Waals surface area (Å²) in [6.07, 6.45) is 1.68. The number of nitrogens with two attached hydrogens (primary N) is 1. The number of ketones is 1. The van der Waals surface area contributed by atoms with Crippen molar-refractivity contribution in [2.24, 2.45) is 5.73 Å². The van der Waals surface area contributed by atoms with Crippen LogP contribution in [0.4, 0.5) is 0 Å². The molecule has 2 rings (SSSR count). The Hall–Kier alpha value is -2.50. The Balaban J connectivity index is 1.80. The fourth-order valence-electron chi connectivity index (χ4n) is 2.86. The summed E-state index contributed by atoms with van der Waals surface area (Å²) in [5, 5.41) is 0. The summed E-state index contributed by atoms with van der Waals surface area (Å²) in [5.74, 6) is -1.00. The molecule has 0 amide bonds. The molecule has 0 aromatic heterocycles. The first-order chi connectivity index (χ1) is 13.1. The van der Waals surface area contributed by atoms with E-state index < -0.39 is 11.5 Å². The van der Waals surface area contributed by atoms with Crippen LogP contribution < -0.4 is 5.73 Å². The summed E-state index contributed by atoms with van der Waals surface area (Å²) >= 11 is 0. The van der Waals surface area contributed by atoms with Crippen molar-refractivity contribution in [3.05, 3.63) is 71.8 Å². The van der Waals surface area contributed by atoms with Gasteiger partial charge in [-0.15, -0.1) is 0 Å². The summed E-state index contributed by atoms with van der Waals surface area (Å²) in [5.41, 5.74) is 6.48. The quantitative estimate of drug-likeness (QED) is 0.374. The molecule has 0 spiro atoms. The Morgan fingerprint density at radius 1 is 0.926 bits per heavy atom. The van der Waals surface area contributed by atoms with Crippen LogP contribution in [-0.2, 0) is 32.1 Å². The van der Waals surface area contributed by atoms with Crippen LogP contribution in [0.3, 0.4) is 0 Å². The zero-order chi connectivity index (χ0) is 19.5. The monoisotopic (exact) mass is 369 g/mol. The molecule has 0 fully saturated rings. The van der Waals surface area contributed by atoms with Gasteiger partial charge in [-0.25, -0.2) is 4.79 Å². The second kappa shape index (κ2) is 10.6. The highest BCUT2D eigenvalue weighted by molar-refractivity contribution is 6.08. The van der Waals surface area contributed by atoms with Crippen molar-refractivity contribution in [3.63, 3.8) is 0 Å². The Bertz CT molecular complexity index is 718. The number of ether oxygens (including phenoxy) is 2. The minimum Gasteiger partial charge on any atom is -0.467 e. The molecule has 0 heterocycles. The number of hydrogen-bond acceptors (Lipinski definition) is 5. The van der Waals surface area contributed by atoms with Gasteiger partial charge >= 0.3 is 5.97 Å². The maximum absolute atomic E-state index is 12.7. The minimum atomic E-state index is -1.65. The third-order valence-corrected chi connectivity index (χ3v) is 4.43.